The molecule has 1 atom stereocenters. The van der Waals surface area contributed by atoms with E-state index in [1.54, 1.807) is 26.2 Å². The van der Waals surface area contributed by atoms with Gasteiger partial charge in [0.15, 0.2) is 11.6 Å². The van der Waals surface area contributed by atoms with Crippen molar-refractivity contribution in [2.45, 2.75) is 32.8 Å². The van der Waals surface area contributed by atoms with Gasteiger partial charge < -0.3 is 15.9 Å². The molecule has 0 saturated heterocycles. The molecule has 4 rings (SSSR count). The number of halogens is 1. The molecule has 9 heteroatoms. The molecule has 0 fully saturated rings. The lowest BCUT2D eigenvalue weighted by molar-refractivity contribution is 0.227. The Balaban J connectivity index is 2.02. The van der Waals surface area contributed by atoms with Gasteiger partial charge in [-0.1, -0.05) is 6.92 Å². The van der Waals surface area contributed by atoms with Crippen molar-refractivity contribution in [3.05, 3.63) is 58.8 Å². The maximum atomic E-state index is 14.2. The fourth-order valence-corrected chi connectivity index (χ4v) is 4.07. The van der Waals surface area contributed by atoms with Crippen LogP contribution in [0.5, 0.6) is 5.75 Å². The third kappa shape index (κ3) is 3.70. The summed E-state index contributed by atoms with van der Waals surface area (Å²) >= 11 is 0. The van der Waals surface area contributed by atoms with E-state index in [1.807, 2.05) is 24.7 Å². The largest absolute Gasteiger partial charge is 0.482 e. The standard InChI is InChI=1S/C23H26FN7O/c1-5-17-21-13-8-20(23(26)28-11-13)32-12(2)16-9-14(24)6-7-15(16)22(25)18(29-27-3)10-19(21)31(4)30-17/h6-9,11-12,25,27H,5,10H2,1-4H3,(H2,26,28)/b25-22?,29-18-/t12-/m1/s1. The van der Waals surface area contributed by atoms with E-state index in [1.165, 1.54) is 12.1 Å². The van der Waals surface area contributed by atoms with Gasteiger partial charge in [0.25, 0.3) is 0 Å². The molecule has 0 saturated carbocycles. The molecule has 2 bridgehead atoms. The number of aromatic nitrogens is 3. The molecule has 0 amide bonds. The molecule has 3 aromatic rings. The SMILES string of the molecule is CCc1nn(C)c2c1-c1cnc(N)c(c1)O[C@H](C)c1cc(F)ccc1C(=N)/C(=N\NC)C2. The number of nitrogens with two attached hydrogens (primary N) is 1. The van der Waals surface area contributed by atoms with Gasteiger partial charge >= 0.3 is 0 Å². The monoisotopic (exact) mass is 435 g/mol. The van der Waals surface area contributed by atoms with E-state index in [0.717, 1.165) is 28.9 Å². The lowest BCUT2D eigenvalue weighted by Crippen LogP contribution is -2.24. The number of hydrogen-bond donors (Lipinski definition) is 3. The summed E-state index contributed by atoms with van der Waals surface area (Å²) in [5.74, 6) is 0.234. The van der Waals surface area contributed by atoms with Crippen LogP contribution in [0.25, 0.3) is 11.1 Å². The van der Waals surface area contributed by atoms with Crippen molar-refractivity contribution >= 4 is 17.2 Å². The van der Waals surface area contributed by atoms with E-state index >= 15 is 0 Å². The number of hydrazone groups is 1. The van der Waals surface area contributed by atoms with Gasteiger partial charge in [0.05, 0.1) is 22.8 Å². The molecule has 32 heavy (non-hydrogen) atoms. The Morgan fingerprint density at radius 1 is 1.38 bits per heavy atom. The van der Waals surface area contributed by atoms with Crippen molar-refractivity contribution in [1.29, 1.82) is 5.41 Å². The first kappa shape index (κ1) is 21.5. The molecule has 2 aromatic heterocycles. The molecule has 1 aromatic carbocycles. The lowest BCUT2D eigenvalue weighted by atomic mass is 9.92. The van der Waals surface area contributed by atoms with Crippen molar-refractivity contribution in [2.75, 3.05) is 12.8 Å². The maximum absolute atomic E-state index is 14.2. The van der Waals surface area contributed by atoms with Crippen molar-refractivity contribution in [2.24, 2.45) is 12.1 Å². The van der Waals surface area contributed by atoms with Gasteiger partial charge in [-0.2, -0.15) is 10.2 Å². The highest BCUT2D eigenvalue weighted by Gasteiger charge is 2.26. The maximum Gasteiger partial charge on any atom is 0.166 e. The topological polar surface area (TPSA) is 114 Å². The summed E-state index contributed by atoms with van der Waals surface area (Å²) in [6.45, 7) is 3.84. The van der Waals surface area contributed by atoms with Crippen LogP contribution in [0.2, 0.25) is 0 Å². The minimum absolute atomic E-state index is 0.185. The first-order valence-corrected chi connectivity index (χ1v) is 10.4. The van der Waals surface area contributed by atoms with Gasteiger partial charge in [-0.3, -0.25) is 10.1 Å². The molecule has 1 aliphatic heterocycles. The average Bonchev–Trinajstić information content (AvgIpc) is 3.09. The smallest absolute Gasteiger partial charge is 0.166 e. The summed E-state index contributed by atoms with van der Waals surface area (Å²) in [5, 5.41) is 18.0. The van der Waals surface area contributed by atoms with Crippen molar-refractivity contribution < 1.29 is 9.13 Å². The zero-order valence-electron chi connectivity index (χ0n) is 18.5. The van der Waals surface area contributed by atoms with Crippen LogP contribution in [0, 0.1) is 11.2 Å². The van der Waals surface area contributed by atoms with Crippen molar-refractivity contribution in [1.82, 2.24) is 20.2 Å². The molecular weight excluding hydrogens is 409 g/mol. The van der Waals surface area contributed by atoms with E-state index in [-0.39, 0.29) is 11.5 Å². The number of aryl methyl sites for hydroxylation is 2. The molecule has 0 aliphatic carbocycles. The van der Waals surface area contributed by atoms with Gasteiger partial charge in [-0.05, 0) is 37.6 Å². The number of nitrogens with zero attached hydrogens (tertiary/aromatic N) is 4. The second kappa shape index (κ2) is 8.41. The summed E-state index contributed by atoms with van der Waals surface area (Å²) in [5.41, 5.74) is 14.2. The number of hydrogen-bond acceptors (Lipinski definition) is 7. The minimum atomic E-state index is -0.574. The molecular formula is C23H26FN7O. The fraction of sp³-hybridized carbons (Fsp3) is 0.304. The molecule has 8 nitrogen and oxygen atoms in total. The minimum Gasteiger partial charge on any atom is -0.482 e. The van der Waals surface area contributed by atoms with Crippen LogP contribution in [0.15, 0.2) is 35.6 Å². The van der Waals surface area contributed by atoms with Crippen LogP contribution in [-0.4, -0.2) is 33.2 Å². The quantitative estimate of drug-likeness (QED) is 0.534. The number of pyridine rings is 1. The lowest BCUT2D eigenvalue weighted by Gasteiger charge is -2.22. The Morgan fingerprint density at radius 2 is 2.16 bits per heavy atom. The van der Waals surface area contributed by atoms with E-state index in [2.05, 4.69) is 20.6 Å². The predicted molar refractivity (Wildman–Crippen MR) is 123 cm³/mol. The zero-order chi connectivity index (χ0) is 23.0. The highest BCUT2D eigenvalue weighted by molar-refractivity contribution is 6.47. The first-order chi connectivity index (χ1) is 15.3. The highest BCUT2D eigenvalue weighted by atomic mass is 19.1. The fourth-order valence-electron chi connectivity index (χ4n) is 4.07. The molecule has 0 unspecified atom stereocenters. The van der Waals surface area contributed by atoms with Crippen LogP contribution in [0.4, 0.5) is 10.2 Å². The van der Waals surface area contributed by atoms with Gasteiger partial charge in [0.1, 0.15) is 11.9 Å². The van der Waals surface area contributed by atoms with Gasteiger partial charge in [-0.25, -0.2) is 9.37 Å². The second-order valence-electron chi connectivity index (χ2n) is 7.68. The third-order valence-corrected chi connectivity index (χ3v) is 5.64. The van der Waals surface area contributed by atoms with E-state index in [0.29, 0.717) is 29.0 Å². The Labute approximate surface area is 185 Å². The van der Waals surface area contributed by atoms with Crippen LogP contribution < -0.4 is 15.9 Å². The molecule has 0 radical (unpaired) electrons. The van der Waals surface area contributed by atoms with Gasteiger partial charge in [0.2, 0.25) is 0 Å². The van der Waals surface area contributed by atoms with E-state index in [9.17, 15) is 4.39 Å². The normalized spacial score (nSPS) is 17.1. The number of ether oxygens (including phenoxy) is 1. The Bertz CT molecular complexity index is 1230. The molecule has 3 heterocycles. The number of benzene rings is 1. The van der Waals surface area contributed by atoms with Crippen LogP contribution in [0.1, 0.15) is 42.5 Å². The number of fused-ring (bicyclic) bond motifs is 5. The summed E-state index contributed by atoms with van der Waals surface area (Å²) in [6, 6.07) is 6.16. The number of anilines is 1. The molecule has 166 valence electrons. The predicted octanol–water partition coefficient (Wildman–Crippen LogP) is 3.41. The van der Waals surface area contributed by atoms with Crippen LogP contribution in [0.3, 0.4) is 0 Å². The average molecular weight is 436 g/mol. The van der Waals surface area contributed by atoms with Gasteiger partial charge in [0, 0.05) is 49.0 Å². The summed E-state index contributed by atoms with van der Waals surface area (Å²) < 4.78 is 22.1. The van der Waals surface area contributed by atoms with Gasteiger partial charge in [-0.15, -0.1) is 0 Å². The van der Waals surface area contributed by atoms with Crippen LogP contribution >= 0.6 is 0 Å². The summed E-state index contributed by atoms with van der Waals surface area (Å²) in [6.07, 6.45) is 2.20. The highest BCUT2D eigenvalue weighted by Crippen LogP contribution is 2.36. The number of rotatable bonds is 2. The Hall–Kier alpha value is -3.75. The van der Waals surface area contributed by atoms with E-state index in [4.69, 9.17) is 15.9 Å². The number of nitrogen functional groups attached to an aromatic ring is 1. The first-order valence-electron chi connectivity index (χ1n) is 10.4. The van der Waals surface area contributed by atoms with E-state index < -0.39 is 11.9 Å². The zero-order valence-corrected chi connectivity index (χ0v) is 18.5. The summed E-state index contributed by atoms with van der Waals surface area (Å²) in [4.78, 5) is 4.35. The van der Waals surface area contributed by atoms with Crippen molar-refractivity contribution in [3.63, 3.8) is 0 Å². The Kier molecular flexibility index (Phi) is 5.65. The molecule has 0 spiro atoms. The second-order valence-corrected chi connectivity index (χ2v) is 7.68. The van der Waals surface area contributed by atoms with Crippen LogP contribution in [-0.2, 0) is 19.9 Å². The molecule has 1 aliphatic rings. The third-order valence-electron chi connectivity index (χ3n) is 5.64. The Morgan fingerprint density at radius 3 is 2.88 bits per heavy atom. The summed E-state index contributed by atoms with van der Waals surface area (Å²) in [7, 11) is 3.56. The van der Waals surface area contributed by atoms with Crippen molar-refractivity contribution in [3.8, 4) is 16.9 Å². The molecule has 4 N–H and O–H groups in total. The number of nitrogens with one attached hydrogen (secondary N) is 2.